The third-order valence-corrected chi connectivity index (χ3v) is 5.19. The van der Waals surface area contributed by atoms with Gasteiger partial charge in [-0.1, -0.05) is 69.6 Å². The van der Waals surface area contributed by atoms with Gasteiger partial charge < -0.3 is 0 Å². The van der Waals surface area contributed by atoms with Crippen LogP contribution in [0.5, 0.6) is 0 Å². The van der Waals surface area contributed by atoms with E-state index in [-0.39, 0.29) is 36.6 Å². The third kappa shape index (κ3) is 3.19. The molecular weight excluding hydrogens is 397 g/mol. The Balaban J connectivity index is 2.71. The smallest absolute Gasteiger partial charge is 0.0919 e. The van der Waals surface area contributed by atoms with Gasteiger partial charge in [-0.3, -0.25) is 4.98 Å². The van der Waals surface area contributed by atoms with Crippen LogP contribution in [0.4, 0.5) is 0 Å². The molecule has 0 saturated carbocycles. The van der Waals surface area contributed by atoms with Crippen molar-refractivity contribution in [2.24, 2.45) is 0 Å². The fraction of sp³-hybridized carbons (Fsp3) is 0.0769. The van der Waals surface area contributed by atoms with E-state index in [2.05, 4.69) is 4.98 Å². The van der Waals surface area contributed by atoms with Gasteiger partial charge in [-0.25, -0.2) is 0 Å². The number of aromatic nitrogens is 1. The van der Waals surface area contributed by atoms with Crippen LogP contribution in [-0.2, 0) is 6.42 Å². The lowest BCUT2D eigenvalue weighted by atomic mass is 10.1. The zero-order valence-corrected chi connectivity index (χ0v) is 14.6. The Morgan fingerprint density at radius 3 is 1.90 bits per heavy atom. The number of nitrogens with zero attached hydrogens (tertiary/aromatic N) is 2. The predicted molar refractivity (Wildman–Crippen MR) is 89.0 cm³/mol. The van der Waals surface area contributed by atoms with E-state index in [1.54, 1.807) is 6.07 Å². The van der Waals surface area contributed by atoms with E-state index in [9.17, 15) is 0 Å². The number of nitriles is 1. The van der Waals surface area contributed by atoms with Gasteiger partial charge in [0.1, 0.15) is 0 Å². The Hall–Kier alpha value is -0.400. The fourth-order valence-corrected chi connectivity index (χ4v) is 3.26. The highest BCUT2D eigenvalue weighted by Gasteiger charge is 2.22. The summed E-state index contributed by atoms with van der Waals surface area (Å²) in [5.74, 6) is 0. The van der Waals surface area contributed by atoms with Crippen molar-refractivity contribution in [3.8, 4) is 17.3 Å². The number of pyridine rings is 1. The molecule has 0 spiro atoms. The molecule has 2 rings (SSSR count). The van der Waals surface area contributed by atoms with Crippen LogP contribution < -0.4 is 0 Å². The number of rotatable bonds is 2. The molecule has 2 nitrogen and oxygen atoms in total. The second kappa shape index (κ2) is 6.79. The standard InChI is InChI=1S/C13H4Cl6N2/c14-6-3-5(1-2-20)4-21-13(6)7-8(15)10(17)12(19)11(18)9(7)16/h3-4H,1H2. The molecule has 0 aliphatic heterocycles. The van der Waals surface area contributed by atoms with E-state index < -0.39 is 0 Å². The molecule has 8 heteroatoms. The molecule has 0 bridgehead atoms. The molecule has 108 valence electrons. The van der Waals surface area contributed by atoms with Gasteiger partial charge in [0, 0.05) is 11.8 Å². The minimum Gasteiger partial charge on any atom is -0.254 e. The molecule has 0 atom stereocenters. The summed E-state index contributed by atoms with van der Waals surface area (Å²) in [5, 5.41) is 9.38. The lowest BCUT2D eigenvalue weighted by Crippen LogP contribution is -1.93. The average molecular weight is 401 g/mol. The van der Waals surface area contributed by atoms with Crippen molar-refractivity contribution in [2.45, 2.75) is 6.42 Å². The minimum atomic E-state index is 0.0642. The van der Waals surface area contributed by atoms with Crippen molar-refractivity contribution >= 4 is 69.6 Å². The van der Waals surface area contributed by atoms with E-state index in [0.29, 0.717) is 16.8 Å². The van der Waals surface area contributed by atoms with Crippen LogP contribution in [0.25, 0.3) is 11.3 Å². The maximum Gasteiger partial charge on any atom is 0.0919 e. The molecule has 0 fully saturated rings. The van der Waals surface area contributed by atoms with Gasteiger partial charge in [-0.05, 0) is 11.6 Å². The molecule has 0 saturated heterocycles. The van der Waals surface area contributed by atoms with Crippen LogP contribution in [0.2, 0.25) is 30.1 Å². The van der Waals surface area contributed by atoms with Crippen LogP contribution in [0.1, 0.15) is 5.56 Å². The zero-order chi connectivity index (χ0) is 15.7. The van der Waals surface area contributed by atoms with Gasteiger partial charge in [0.25, 0.3) is 0 Å². The Morgan fingerprint density at radius 1 is 0.905 bits per heavy atom. The molecule has 0 unspecified atom stereocenters. The largest absolute Gasteiger partial charge is 0.254 e. The van der Waals surface area contributed by atoms with Crippen LogP contribution in [0.3, 0.4) is 0 Å². The fourth-order valence-electron chi connectivity index (χ4n) is 1.66. The summed E-state index contributed by atoms with van der Waals surface area (Å²) in [7, 11) is 0. The second-order valence-electron chi connectivity index (χ2n) is 3.95. The quantitative estimate of drug-likeness (QED) is 0.413. The lowest BCUT2D eigenvalue weighted by molar-refractivity contribution is 1.19. The predicted octanol–water partition coefficient (Wildman–Crippen LogP) is 6.74. The van der Waals surface area contributed by atoms with E-state index in [0.717, 1.165) is 0 Å². The number of benzene rings is 1. The number of hydrogen-bond acceptors (Lipinski definition) is 2. The SMILES string of the molecule is N#CCc1cnc(-c2c(Cl)c(Cl)c(Cl)c(Cl)c2Cl)c(Cl)c1. The van der Waals surface area contributed by atoms with Crippen molar-refractivity contribution < 1.29 is 0 Å². The number of halogens is 6. The first-order valence-corrected chi connectivity index (χ1v) is 7.68. The molecule has 1 aromatic heterocycles. The monoisotopic (exact) mass is 398 g/mol. The Bertz CT molecular complexity index is 737. The van der Waals surface area contributed by atoms with E-state index in [1.807, 2.05) is 6.07 Å². The van der Waals surface area contributed by atoms with E-state index in [4.69, 9.17) is 74.9 Å². The molecule has 1 aromatic carbocycles. The lowest BCUT2D eigenvalue weighted by Gasteiger charge is -2.13. The minimum absolute atomic E-state index is 0.0642. The molecule has 0 aliphatic rings. The average Bonchev–Trinajstić information content (AvgIpc) is 2.46. The summed E-state index contributed by atoms with van der Waals surface area (Å²) in [6.07, 6.45) is 1.70. The Kier molecular flexibility index (Phi) is 5.48. The van der Waals surface area contributed by atoms with Crippen molar-refractivity contribution in [3.63, 3.8) is 0 Å². The normalized spacial score (nSPS) is 10.5. The molecule has 0 N–H and O–H groups in total. The van der Waals surface area contributed by atoms with Crippen LogP contribution >= 0.6 is 69.6 Å². The Labute approximate surface area is 151 Å². The summed E-state index contributed by atoms with van der Waals surface area (Å²) in [6, 6.07) is 3.62. The first-order valence-electron chi connectivity index (χ1n) is 5.41. The molecule has 2 aromatic rings. The molecule has 21 heavy (non-hydrogen) atoms. The summed E-state index contributed by atoms with van der Waals surface area (Å²) < 4.78 is 0. The molecule has 1 heterocycles. The summed E-state index contributed by atoms with van der Waals surface area (Å²) in [5.41, 5.74) is 1.28. The van der Waals surface area contributed by atoms with Crippen LogP contribution in [-0.4, -0.2) is 4.98 Å². The van der Waals surface area contributed by atoms with Crippen LogP contribution in [0.15, 0.2) is 12.3 Å². The topological polar surface area (TPSA) is 36.7 Å². The van der Waals surface area contributed by atoms with Gasteiger partial charge in [-0.15, -0.1) is 0 Å². The first-order chi connectivity index (χ1) is 9.88. The van der Waals surface area contributed by atoms with Crippen molar-refractivity contribution in [1.29, 1.82) is 5.26 Å². The summed E-state index contributed by atoms with van der Waals surface area (Å²) in [6.45, 7) is 0. The maximum atomic E-state index is 8.68. The van der Waals surface area contributed by atoms with Crippen molar-refractivity contribution in [3.05, 3.63) is 48.0 Å². The Morgan fingerprint density at radius 2 is 1.43 bits per heavy atom. The number of hydrogen-bond donors (Lipinski definition) is 0. The van der Waals surface area contributed by atoms with Gasteiger partial charge >= 0.3 is 0 Å². The molecule has 0 radical (unpaired) electrons. The van der Waals surface area contributed by atoms with E-state index >= 15 is 0 Å². The zero-order valence-electron chi connectivity index (χ0n) is 10.0. The highest BCUT2D eigenvalue weighted by molar-refractivity contribution is 6.56. The maximum absolute atomic E-state index is 8.68. The van der Waals surface area contributed by atoms with Crippen LogP contribution in [0, 0.1) is 11.3 Å². The van der Waals surface area contributed by atoms with Gasteiger partial charge in [0.15, 0.2) is 0 Å². The van der Waals surface area contributed by atoms with Crippen molar-refractivity contribution in [1.82, 2.24) is 4.98 Å². The molecule has 0 amide bonds. The first kappa shape index (κ1) is 17.0. The van der Waals surface area contributed by atoms with Crippen molar-refractivity contribution in [2.75, 3.05) is 0 Å². The molecule has 0 aliphatic carbocycles. The summed E-state index contributed by atoms with van der Waals surface area (Å²) in [4.78, 5) is 4.19. The molecular formula is C13H4Cl6N2. The van der Waals surface area contributed by atoms with Gasteiger partial charge in [0.05, 0.1) is 48.3 Å². The van der Waals surface area contributed by atoms with E-state index in [1.165, 1.54) is 6.20 Å². The summed E-state index contributed by atoms with van der Waals surface area (Å²) >= 11 is 36.5. The van der Waals surface area contributed by atoms with Gasteiger partial charge in [-0.2, -0.15) is 5.26 Å². The van der Waals surface area contributed by atoms with Gasteiger partial charge in [0.2, 0.25) is 0 Å². The highest BCUT2D eigenvalue weighted by atomic mass is 35.5. The second-order valence-corrected chi connectivity index (χ2v) is 6.25. The highest BCUT2D eigenvalue weighted by Crippen LogP contribution is 2.48. The third-order valence-electron chi connectivity index (χ3n) is 2.63.